The predicted molar refractivity (Wildman–Crippen MR) is 152 cm³/mol. The lowest BCUT2D eigenvalue weighted by molar-refractivity contribution is -0.853. The molecule has 2 aromatic rings. The SMILES string of the molecule is [2H]C1([2H])C=C[NH+]([C@@H]2O[C@H](COP(=O)(O)OP(=O)(O)OC[C@H]3O[C@@H](n4cnc5c(N)ncnc54)[C@H](OP(=O)(O)O)[C@@H]3O)[C@@H](O)[C@H]2O)C=C1C(N)=O. The number of nitrogens with one attached hydrogen (secondary N) is 1. The van der Waals surface area contributed by atoms with Gasteiger partial charge in [0.2, 0.25) is 12.1 Å². The summed E-state index contributed by atoms with van der Waals surface area (Å²) in [4.78, 5) is 62.4. The second-order valence-electron chi connectivity index (χ2n) is 10.3. The minimum atomic E-state index is -5.56. The molecule has 11 atom stereocenters. The topological polar surface area (TPSA) is 365 Å². The molecule has 2 fully saturated rings. The number of aliphatic hydroxyl groups excluding tert-OH is 3. The Labute approximate surface area is 271 Å². The molecular weight excluding hydrogens is 715 g/mol. The smallest absolute Gasteiger partial charge is 0.387 e. The van der Waals surface area contributed by atoms with Gasteiger partial charge in [-0.25, -0.2) is 28.6 Å². The molecule has 5 heterocycles. The zero-order valence-corrected chi connectivity index (χ0v) is 26.6. The Morgan fingerprint density at radius 3 is 2.29 bits per heavy atom. The Hall–Kier alpha value is -2.57. The number of hydrogen-bond donors (Lipinski definition) is 10. The number of carbonyl (C=O) groups excluding carboxylic acids is 1. The Morgan fingerprint density at radius 1 is 1.02 bits per heavy atom. The lowest BCUT2D eigenvalue weighted by Gasteiger charge is -2.23. The van der Waals surface area contributed by atoms with Gasteiger partial charge in [0.1, 0.15) is 48.6 Å². The van der Waals surface area contributed by atoms with E-state index in [1.165, 1.54) is 6.20 Å². The van der Waals surface area contributed by atoms with Crippen LogP contribution < -0.4 is 16.4 Å². The number of anilines is 1. The van der Waals surface area contributed by atoms with E-state index < -0.39 is 104 Å². The molecule has 0 aliphatic carbocycles. The summed E-state index contributed by atoms with van der Waals surface area (Å²) in [6, 6.07) is 0. The first kappa shape index (κ1) is 33.9. The third kappa shape index (κ3) is 8.24. The quantitative estimate of drug-likeness (QED) is 0.0873. The molecule has 0 aromatic carbocycles. The number of nitrogen functional groups attached to an aromatic ring is 1. The van der Waals surface area contributed by atoms with Gasteiger partial charge in [0.05, 0.1) is 31.3 Å². The fraction of sp³-hybridized carbons (Fsp3) is 0.524. The number of quaternary nitrogens is 1. The van der Waals surface area contributed by atoms with Gasteiger partial charge in [-0.2, -0.15) is 4.31 Å². The van der Waals surface area contributed by atoms with Gasteiger partial charge in [0.15, 0.2) is 23.8 Å². The molecule has 27 heteroatoms. The molecule has 3 aliphatic heterocycles. The molecule has 2 aromatic heterocycles. The number of amides is 1. The van der Waals surface area contributed by atoms with Crippen LogP contribution in [0.3, 0.4) is 0 Å². The second-order valence-corrected chi connectivity index (χ2v) is 14.5. The van der Waals surface area contributed by atoms with Crippen molar-refractivity contribution in [3.63, 3.8) is 0 Å². The summed E-state index contributed by atoms with van der Waals surface area (Å²) >= 11 is 0. The summed E-state index contributed by atoms with van der Waals surface area (Å²) < 4.78 is 82.9. The molecule has 2 saturated heterocycles. The summed E-state index contributed by atoms with van der Waals surface area (Å²) in [7, 11) is -16.4. The molecule has 3 unspecified atom stereocenters. The number of phosphoric ester groups is 3. The molecule has 0 bridgehead atoms. The number of nitrogens with two attached hydrogens (primary N) is 2. The van der Waals surface area contributed by atoms with Gasteiger partial charge in [0, 0.05) is 9.11 Å². The first-order valence-corrected chi connectivity index (χ1v) is 17.9. The van der Waals surface area contributed by atoms with E-state index >= 15 is 0 Å². The number of ether oxygens (including phenoxy) is 2. The maximum absolute atomic E-state index is 12.6. The fourth-order valence-corrected chi connectivity index (χ4v) is 7.52. The van der Waals surface area contributed by atoms with Crippen molar-refractivity contribution in [2.45, 2.75) is 55.5 Å². The number of carbonyl (C=O) groups is 1. The van der Waals surface area contributed by atoms with E-state index in [1.54, 1.807) is 0 Å². The van der Waals surface area contributed by atoms with Crippen molar-refractivity contribution in [1.82, 2.24) is 19.5 Å². The van der Waals surface area contributed by atoms with Crippen LogP contribution in [0.4, 0.5) is 5.82 Å². The van der Waals surface area contributed by atoms with E-state index in [2.05, 4.69) is 32.8 Å². The number of hydrogen-bond acceptors (Lipinski definition) is 17. The normalized spacial score (nSPS) is 35.1. The number of nitrogens with zero attached hydrogens (tertiary/aromatic N) is 4. The molecule has 0 radical (unpaired) electrons. The van der Waals surface area contributed by atoms with Gasteiger partial charge in [-0.3, -0.25) is 27.8 Å². The fourth-order valence-electron chi connectivity index (χ4n) is 4.89. The largest absolute Gasteiger partial charge is 0.481 e. The van der Waals surface area contributed by atoms with Crippen molar-refractivity contribution >= 4 is 46.4 Å². The highest BCUT2D eigenvalue weighted by molar-refractivity contribution is 7.61. The molecule has 48 heavy (non-hydrogen) atoms. The zero-order valence-electron chi connectivity index (χ0n) is 25.9. The number of allylic oxidation sites excluding steroid dienone is 1. The van der Waals surface area contributed by atoms with E-state index in [9.17, 15) is 53.4 Å². The summed E-state index contributed by atoms with van der Waals surface area (Å²) in [5.74, 6) is -1.17. The van der Waals surface area contributed by atoms with Crippen molar-refractivity contribution in [2.75, 3.05) is 18.9 Å². The molecule has 0 spiro atoms. The number of rotatable bonds is 13. The lowest BCUT2D eigenvalue weighted by atomic mass is 10.1. The molecule has 0 saturated carbocycles. The number of primary amides is 1. The van der Waals surface area contributed by atoms with Crippen molar-refractivity contribution < 1.29 is 88.4 Å². The summed E-state index contributed by atoms with van der Waals surface area (Å²) in [6.45, 7) is -2.12. The van der Waals surface area contributed by atoms with Crippen LogP contribution in [-0.2, 0) is 45.8 Å². The average molecular weight is 748 g/mol. The van der Waals surface area contributed by atoms with Crippen LogP contribution in [0.2, 0.25) is 0 Å². The Morgan fingerprint density at radius 2 is 1.67 bits per heavy atom. The standard InChI is InChI=1S/C21H30N7O17P3/c22-17-12-19(25-7-24-17)28(8-26-12)21-16(44-46(33,34)35)14(30)11(43-21)6-41-48(38,39)45-47(36,37)40-5-10-13(29)15(31)20(42-10)27-3-1-2-9(4-27)18(23)32/h1,3-4,7-8,10-11,13-16,20-21,29-31H,2,5-6H2,(H2,23,32)(H,36,37)(H,38,39)(H2,22,24,25)(H2,33,34,35)/p+1/t10-,11-,13-,14-,15-,16-,20-,21-/m1/s1/i2D2. The first-order chi connectivity index (χ1) is 23.1. The number of fused-ring (bicyclic) bond motifs is 1. The van der Waals surface area contributed by atoms with Gasteiger partial charge in [-0.05, 0) is 6.08 Å². The number of aromatic nitrogens is 4. The molecule has 266 valence electrons. The highest BCUT2D eigenvalue weighted by atomic mass is 31.3. The monoisotopic (exact) mass is 748 g/mol. The van der Waals surface area contributed by atoms with E-state index in [1.807, 2.05) is 0 Å². The Balaban J connectivity index is 1.20. The van der Waals surface area contributed by atoms with Gasteiger partial charge in [0.25, 0.3) is 0 Å². The zero-order chi connectivity index (χ0) is 37.0. The van der Waals surface area contributed by atoms with Crippen LogP contribution in [-0.4, -0.2) is 116 Å². The Bertz CT molecular complexity index is 1830. The first-order valence-electron chi connectivity index (χ1n) is 14.4. The third-order valence-electron chi connectivity index (χ3n) is 7.03. The molecule has 1 amide bonds. The van der Waals surface area contributed by atoms with E-state index in [0.29, 0.717) is 0 Å². The van der Waals surface area contributed by atoms with Crippen molar-refractivity contribution in [3.8, 4) is 0 Å². The molecular formula is C21H31N7O17P3+. The number of imidazole rings is 1. The average Bonchev–Trinajstić information content (AvgIpc) is 3.64. The Kier molecular flexibility index (Phi) is 9.87. The van der Waals surface area contributed by atoms with E-state index in [0.717, 1.165) is 29.5 Å². The molecule has 12 N–H and O–H groups in total. The van der Waals surface area contributed by atoms with Gasteiger partial charge >= 0.3 is 23.5 Å². The molecule has 24 nitrogen and oxygen atoms in total. The van der Waals surface area contributed by atoms with Gasteiger partial charge in [-0.15, -0.1) is 0 Å². The van der Waals surface area contributed by atoms with E-state index in [4.69, 9.17) is 23.7 Å². The van der Waals surface area contributed by atoms with Crippen LogP contribution >= 0.6 is 23.5 Å². The second kappa shape index (κ2) is 14.0. The molecule has 5 rings (SSSR count). The maximum atomic E-state index is 12.6. The van der Waals surface area contributed by atoms with Crippen LogP contribution in [0.15, 0.2) is 36.7 Å². The minimum Gasteiger partial charge on any atom is -0.387 e. The van der Waals surface area contributed by atoms with Crippen LogP contribution in [0.1, 0.15) is 15.3 Å². The lowest BCUT2D eigenvalue weighted by Crippen LogP contribution is -3.09. The predicted octanol–water partition coefficient (Wildman–Crippen LogP) is -3.99. The number of phosphoric acid groups is 3. The van der Waals surface area contributed by atoms with Crippen molar-refractivity contribution in [3.05, 3.63) is 36.7 Å². The summed E-state index contributed by atoms with van der Waals surface area (Å²) in [5, 5.41) is 31.6. The highest BCUT2D eigenvalue weighted by Gasteiger charge is 2.51. The molecule has 3 aliphatic rings. The van der Waals surface area contributed by atoms with Crippen LogP contribution in [0.5, 0.6) is 0 Å². The van der Waals surface area contributed by atoms with Crippen LogP contribution in [0, 0.1) is 0 Å². The van der Waals surface area contributed by atoms with Crippen molar-refractivity contribution in [2.24, 2.45) is 5.73 Å². The third-order valence-corrected chi connectivity index (χ3v) is 10.1. The van der Waals surface area contributed by atoms with Gasteiger partial charge in [-0.1, -0.05) is 0 Å². The minimum absolute atomic E-state index is 0.0104. The summed E-state index contributed by atoms with van der Waals surface area (Å²) in [6.07, 6.45) is -10.5. The van der Waals surface area contributed by atoms with E-state index in [-0.39, 0.29) is 21.9 Å². The van der Waals surface area contributed by atoms with Crippen molar-refractivity contribution in [1.29, 1.82) is 0 Å². The summed E-state index contributed by atoms with van der Waals surface area (Å²) in [5.41, 5.74) is 10.5. The van der Waals surface area contributed by atoms with Crippen LogP contribution in [0.25, 0.3) is 11.2 Å². The number of aliphatic hydroxyl groups is 3. The maximum Gasteiger partial charge on any atom is 0.481 e. The van der Waals surface area contributed by atoms with Gasteiger partial charge < -0.3 is 55.8 Å². The highest BCUT2D eigenvalue weighted by Crippen LogP contribution is 2.61.